The summed E-state index contributed by atoms with van der Waals surface area (Å²) in [5, 5.41) is 7.60. The number of benzene rings is 1. The molecular weight excluding hydrogens is 230 g/mol. The van der Waals surface area contributed by atoms with E-state index in [0.717, 1.165) is 23.5 Å². The summed E-state index contributed by atoms with van der Waals surface area (Å²) < 4.78 is 2.09. The molecular formula is C13H13N3S. The van der Waals surface area contributed by atoms with E-state index >= 15 is 0 Å². The Labute approximate surface area is 104 Å². The van der Waals surface area contributed by atoms with E-state index in [1.807, 2.05) is 25.2 Å². The standard InChI is InChI=1S/C13H13N3S/c1-16-12-5-3-2-4-11(12)15-13(16)14-8-10-6-7-17-9-10/h2-7,9H,8H2,1H3,(H,14,15). The minimum absolute atomic E-state index is 0.820. The third-order valence-corrected chi connectivity index (χ3v) is 3.55. The first-order valence-electron chi connectivity index (χ1n) is 5.51. The van der Waals surface area contributed by atoms with Crippen LogP contribution in [0.25, 0.3) is 11.0 Å². The van der Waals surface area contributed by atoms with Crippen LogP contribution in [0, 0.1) is 0 Å². The normalized spacial score (nSPS) is 10.9. The maximum atomic E-state index is 4.57. The lowest BCUT2D eigenvalue weighted by Crippen LogP contribution is -2.04. The Morgan fingerprint density at radius 3 is 2.94 bits per heavy atom. The molecule has 0 spiro atoms. The Morgan fingerprint density at radius 1 is 1.29 bits per heavy atom. The van der Waals surface area contributed by atoms with Crippen LogP contribution in [0.1, 0.15) is 5.56 Å². The van der Waals surface area contributed by atoms with E-state index in [4.69, 9.17) is 0 Å². The van der Waals surface area contributed by atoms with Crippen LogP contribution in [0.15, 0.2) is 41.1 Å². The van der Waals surface area contributed by atoms with E-state index < -0.39 is 0 Å². The first-order chi connectivity index (χ1) is 8.34. The molecule has 0 aliphatic heterocycles. The smallest absolute Gasteiger partial charge is 0.203 e. The Balaban J connectivity index is 1.88. The number of thiophene rings is 1. The molecule has 0 amide bonds. The molecule has 0 atom stereocenters. The average Bonchev–Trinajstić information content (AvgIpc) is 2.96. The molecule has 0 saturated carbocycles. The zero-order valence-corrected chi connectivity index (χ0v) is 10.4. The molecule has 17 heavy (non-hydrogen) atoms. The number of aromatic nitrogens is 2. The SMILES string of the molecule is Cn1c(NCc2ccsc2)nc2ccccc21. The highest BCUT2D eigenvalue weighted by atomic mass is 32.1. The maximum absolute atomic E-state index is 4.57. The number of imidazole rings is 1. The van der Waals surface area contributed by atoms with Crippen molar-refractivity contribution >= 4 is 28.3 Å². The summed E-state index contributed by atoms with van der Waals surface area (Å²) in [6.45, 7) is 0.820. The molecule has 3 rings (SSSR count). The molecule has 3 nitrogen and oxygen atoms in total. The molecule has 0 fully saturated rings. The molecule has 1 N–H and O–H groups in total. The predicted molar refractivity (Wildman–Crippen MR) is 72.4 cm³/mol. The zero-order valence-electron chi connectivity index (χ0n) is 9.55. The molecule has 0 saturated heterocycles. The molecule has 86 valence electrons. The van der Waals surface area contributed by atoms with Gasteiger partial charge in [0.25, 0.3) is 0 Å². The molecule has 3 aromatic rings. The second kappa shape index (κ2) is 4.22. The molecule has 2 aromatic heterocycles. The van der Waals surface area contributed by atoms with Crippen LogP contribution in [0.4, 0.5) is 5.95 Å². The number of nitrogens with one attached hydrogen (secondary N) is 1. The van der Waals surface area contributed by atoms with Crippen molar-refractivity contribution in [2.24, 2.45) is 7.05 Å². The number of hydrogen-bond donors (Lipinski definition) is 1. The van der Waals surface area contributed by atoms with Crippen LogP contribution >= 0.6 is 11.3 Å². The number of fused-ring (bicyclic) bond motifs is 1. The highest BCUT2D eigenvalue weighted by molar-refractivity contribution is 7.07. The molecule has 0 bridgehead atoms. The first kappa shape index (κ1) is 10.4. The van der Waals surface area contributed by atoms with Gasteiger partial charge in [-0.2, -0.15) is 11.3 Å². The third kappa shape index (κ3) is 1.91. The van der Waals surface area contributed by atoms with Gasteiger partial charge in [-0.25, -0.2) is 4.98 Å². The molecule has 4 heteroatoms. The number of anilines is 1. The van der Waals surface area contributed by atoms with Crippen LogP contribution in [0.2, 0.25) is 0 Å². The monoisotopic (exact) mass is 243 g/mol. The summed E-state index contributed by atoms with van der Waals surface area (Å²) in [5.41, 5.74) is 3.48. The van der Waals surface area contributed by atoms with Gasteiger partial charge < -0.3 is 9.88 Å². The van der Waals surface area contributed by atoms with Crippen LogP contribution < -0.4 is 5.32 Å². The number of para-hydroxylation sites is 2. The Bertz CT molecular complexity index is 625. The van der Waals surface area contributed by atoms with E-state index in [2.05, 4.69) is 37.8 Å². The lowest BCUT2D eigenvalue weighted by Gasteiger charge is -2.04. The Hall–Kier alpha value is -1.81. The summed E-state index contributed by atoms with van der Waals surface area (Å²) in [6.07, 6.45) is 0. The van der Waals surface area contributed by atoms with Gasteiger partial charge in [0.1, 0.15) is 0 Å². The Kier molecular flexibility index (Phi) is 2.57. The number of rotatable bonds is 3. The van der Waals surface area contributed by atoms with Crippen LogP contribution in [-0.4, -0.2) is 9.55 Å². The molecule has 0 unspecified atom stereocenters. The van der Waals surface area contributed by atoms with E-state index in [9.17, 15) is 0 Å². The highest BCUT2D eigenvalue weighted by Gasteiger charge is 2.05. The first-order valence-corrected chi connectivity index (χ1v) is 6.45. The van der Waals surface area contributed by atoms with Crippen LogP contribution in [-0.2, 0) is 13.6 Å². The van der Waals surface area contributed by atoms with Crippen molar-refractivity contribution in [1.29, 1.82) is 0 Å². The summed E-state index contributed by atoms with van der Waals surface area (Å²) in [4.78, 5) is 4.57. The van der Waals surface area contributed by atoms with Gasteiger partial charge in [0.2, 0.25) is 5.95 Å². The fourth-order valence-corrected chi connectivity index (χ4v) is 2.55. The highest BCUT2D eigenvalue weighted by Crippen LogP contribution is 2.18. The molecule has 1 aromatic carbocycles. The average molecular weight is 243 g/mol. The van der Waals surface area contributed by atoms with Crippen molar-refractivity contribution in [3.63, 3.8) is 0 Å². The minimum atomic E-state index is 0.820. The van der Waals surface area contributed by atoms with Crippen LogP contribution in [0.3, 0.4) is 0 Å². The third-order valence-electron chi connectivity index (χ3n) is 2.82. The summed E-state index contributed by atoms with van der Waals surface area (Å²) in [7, 11) is 2.03. The number of nitrogens with zero attached hydrogens (tertiary/aromatic N) is 2. The summed E-state index contributed by atoms with van der Waals surface area (Å²) in [5.74, 6) is 0.914. The van der Waals surface area contributed by atoms with Crippen molar-refractivity contribution in [1.82, 2.24) is 9.55 Å². The van der Waals surface area contributed by atoms with Crippen molar-refractivity contribution in [3.8, 4) is 0 Å². The predicted octanol–water partition coefficient (Wildman–Crippen LogP) is 3.25. The number of aryl methyl sites for hydroxylation is 1. The van der Waals surface area contributed by atoms with E-state index in [0.29, 0.717) is 0 Å². The molecule has 2 heterocycles. The largest absolute Gasteiger partial charge is 0.352 e. The van der Waals surface area contributed by atoms with Gasteiger partial charge in [0, 0.05) is 13.6 Å². The van der Waals surface area contributed by atoms with Gasteiger partial charge in [-0.1, -0.05) is 12.1 Å². The molecule has 0 radical (unpaired) electrons. The quantitative estimate of drug-likeness (QED) is 0.765. The second-order valence-corrected chi connectivity index (χ2v) is 4.75. The molecule has 0 aliphatic rings. The summed E-state index contributed by atoms with van der Waals surface area (Å²) >= 11 is 1.72. The number of hydrogen-bond acceptors (Lipinski definition) is 3. The van der Waals surface area contributed by atoms with E-state index in [1.54, 1.807) is 11.3 Å². The van der Waals surface area contributed by atoms with Gasteiger partial charge in [0.05, 0.1) is 11.0 Å². The van der Waals surface area contributed by atoms with E-state index in [-0.39, 0.29) is 0 Å². The van der Waals surface area contributed by atoms with Crippen molar-refractivity contribution < 1.29 is 0 Å². The second-order valence-electron chi connectivity index (χ2n) is 3.97. The summed E-state index contributed by atoms with van der Waals surface area (Å²) in [6, 6.07) is 10.3. The fourth-order valence-electron chi connectivity index (χ4n) is 1.88. The minimum Gasteiger partial charge on any atom is -0.352 e. The van der Waals surface area contributed by atoms with Crippen LogP contribution in [0.5, 0.6) is 0 Å². The van der Waals surface area contributed by atoms with Gasteiger partial charge in [-0.05, 0) is 34.5 Å². The lowest BCUT2D eigenvalue weighted by molar-refractivity contribution is 0.928. The van der Waals surface area contributed by atoms with E-state index in [1.165, 1.54) is 5.56 Å². The van der Waals surface area contributed by atoms with Gasteiger partial charge >= 0.3 is 0 Å². The lowest BCUT2D eigenvalue weighted by atomic mass is 10.3. The Morgan fingerprint density at radius 2 is 2.18 bits per heavy atom. The van der Waals surface area contributed by atoms with Gasteiger partial charge in [0.15, 0.2) is 0 Å². The van der Waals surface area contributed by atoms with Crippen molar-refractivity contribution in [2.75, 3.05) is 5.32 Å². The fraction of sp³-hybridized carbons (Fsp3) is 0.154. The topological polar surface area (TPSA) is 29.9 Å². The van der Waals surface area contributed by atoms with Crippen molar-refractivity contribution in [3.05, 3.63) is 46.7 Å². The van der Waals surface area contributed by atoms with Gasteiger partial charge in [-0.3, -0.25) is 0 Å². The van der Waals surface area contributed by atoms with Crippen molar-refractivity contribution in [2.45, 2.75) is 6.54 Å². The molecule has 0 aliphatic carbocycles. The van der Waals surface area contributed by atoms with Gasteiger partial charge in [-0.15, -0.1) is 0 Å². The zero-order chi connectivity index (χ0) is 11.7. The maximum Gasteiger partial charge on any atom is 0.203 e.